The van der Waals surface area contributed by atoms with Crippen LogP contribution in [0.5, 0.6) is 0 Å². The number of benzene rings is 1. The van der Waals surface area contributed by atoms with Gasteiger partial charge in [0.15, 0.2) is 0 Å². The molecule has 1 aliphatic heterocycles. The van der Waals surface area contributed by atoms with Crippen molar-refractivity contribution in [2.24, 2.45) is 0 Å². The van der Waals surface area contributed by atoms with Crippen LogP contribution in [0.15, 0.2) is 42.0 Å². The van der Waals surface area contributed by atoms with Crippen LogP contribution in [-0.2, 0) is 4.79 Å². The average molecular weight is 208 g/mol. The normalized spacial score (nSPS) is 21.3. The van der Waals surface area contributed by atoms with Crippen LogP contribution in [-0.4, -0.2) is 11.4 Å². The zero-order valence-electron chi connectivity index (χ0n) is 7.77. The van der Waals surface area contributed by atoms with Crippen molar-refractivity contribution in [3.05, 3.63) is 42.0 Å². The molecule has 1 aromatic rings. The Labute approximate surface area is 87.8 Å². The molecule has 72 valence electrons. The van der Waals surface area contributed by atoms with Crippen LogP contribution in [0, 0.1) is 0 Å². The van der Waals surface area contributed by atoms with E-state index in [1.54, 1.807) is 11.0 Å². The number of nitrogens with zero attached hydrogens (tertiary/aromatic N) is 1. The van der Waals surface area contributed by atoms with Crippen molar-refractivity contribution in [3.63, 3.8) is 0 Å². The zero-order valence-corrected chi connectivity index (χ0v) is 8.53. The third-order valence-electron chi connectivity index (χ3n) is 2.23. The van der Waals surface area contributed by atoms with Gasteiger partial charge in [-0.05, 0) is 24.6 Å². The van der Waals surface area contributed by atoms with Gasteiger partial charge in [0, 0.05) is 11.8 Å². The Morgan fingerprint density at radius 3 is 2.43 bits per heavy atom. The van der Waals surface area contributed by atoms with Crippen LogP contribution in [0.4, 0.5) is 5.69 Å². The highest BCUT2D eigenvalue weighted by molar-refractivity contribution is 6.29. The molecule has 1 unspecified atom stereocenters. The van der Waals surface area contributed by atoms with Crippen LogP contribution in [0.1, 0.15) is 6.92 Å². The Balaban J connectivity index is 2.34. The Morgan fingerprint density at radius 1 is 1.29 bits per heavy atom. The molecule has 0 fully saturated rings. The van der Waals surface area contributed by atoms with E-state index in [-0.39, 0.29) is 11.4 Å². The van der Waals surface area contributed by atoms with Gasteiger partial charge in [-0.1, -0.05) is 29.8 Å². The fraction of sp³-hybridized carbons (Fsp3) is 0.182. The summed E-state index contributed by atoms with van der Waals surface area (Å²) in [7, 11) is 0. The molecule has 0 saturated heterocycles. The Hall–Kier alpha value is -1.28. The number of hydrogen-bond acceptors (Lipinski definition) is 1. The number of anilines is 1. The van der Waals surface area contributed by atoms with Crippen LogP contribution in [0.2, 0.25) is 0 Å². The van der Waals surface area contributed by atoms with Gasteiger partial charge < -0.3 is 0 Å². The summed E-state index contributed by atoms with van der Waals surface area (Å²) in [6.07, 6.45) is 1.57. The third-order valence-corrected chi connectivity index (χ3v) is 2.76. The first kappa shape index (κ1) is 9.28. The Kier molecular flexibility index (Phi) is 2.30. The maximum absolute atomic E-state index is 11.6. The minimum absolute atomic E-state index is 0.0475. The second kappa shape index (κ2) is 3.46. The van der Waals surface area contributed by atoms with Gasteiger partial charge in [0.1, 0.15) is 5.50 Å². The lowest BCUT2D eigenvalue weighted by Crippen LogP contribution is -2.30. The molecule has 0 saturated carbocycles. The van der Waals surface area contributed by atoms with Gasteiger partial charge in [-0.15, -0.1) is 0 Å². The van der Waals surface area contributed by atoms with Crippen molar-refractivity contribution in [3.8, 4) is 0 Å². The van der Waals surface area contributed by atoms with Gasteiger partial charge >= 0.3 is 0 Å². The highest BCUT2D eigenvalue weighted by Gasteiger charge is 2.29. The third kappa shape index (κ3) is 1.42. The number of carbonyl (C=O) groups is 1. The van der Waals surface area contributed by atoms with Gasteiger partial charge in [-0.25, -0.2) is 0 Å². The van der Waals surface area contributed by atoms with Gasteiger partial charge in [0.25, 0.3) is 5.91 Å². The number of alkyl halides is 1. The summed E-state index contributed by atoms with van der Waals surface area (Å²) in [5.74, 6) is -0.0475. The molecular formula is C11H10ClNO. The largest absolute Gasteiger partial charge is 0.288 e. The van der Waals surface area contributed by atoms with E-state index in [9.17, 15) is 4.79 Å². The summed E-state index contributed by atoms with van der Waals surface area (Å²) in [6, 6.07) is 9.44. The standard InChI is InChI=1S/C11H10ClNO/c1-8-7-10(14)13(11(8)12)9-5-3-2-4-6-9/h2-7,11H,1H3. The van der Waals surface area contributed by atoms with Gasteiger partial charge in [0.05, 0.1) is 0 Å². The van der Waals surface area contributed by atoms with E-state index >= 15 is 0 Å². The molecule has 0 aromatic heterocycles. The summed E-state index contributed by atoms with van der Waals surface area (Å²) >= 11 is 6.09. The van der Waals surface area contributed by atoms with Gasteiger partial charge in [0.2, 0.25) is 0 Å². The second-order valence-corrected chi connectivity index (χ2v) is 3.68. The molecule has 0 aliphatic carbocycles. The molecule has 2 nitrogen and oxygen atoms in total. The van der Waals surface area contributed by atoms with Crippen LogP contribution >= 0.6 is 11.6 Å². The van der Waals surface area contributed by atoms with E-state index in [0.29, 0.717) is 0 Å². The molecule has 2 rings (SSSR count). The predicted molar refractivity (Wildman–Crippen MR) is 57.3 cm³/mol. The molecule has 0 N–H and O–H groups in total. The lowest BCUT2D eigenvalue weighted by Gasteiger charge is -2.21. The van der Waals surface area contributed by atoms with Gasteiger partial charge in [-0.2, -0.15) is 0 Å². The van der Waals surface area contributed by atoms with Crippen molar-refractivity contribution in [1.29, 1.82) is 0 Å². The molecule has 0 radical (unpaired) electrons. The number of hydrogen-bond donors (Lipinski definition) is 0. The highest BCUT2D eigenvalue weighted by Crippen LogP contribution is 2.28. The first-order chi connectivity index (χ1) is 6.70. The lowest BCUT2D eigenvalue weighted by molar-refractivity contribution is -0.113. The topological polar surface area (TPSA) is 20.3 Å². The Morgan fingerprint density at radius 2 is 1.93 bits per heavy atom. The van der Waals surface area contributed by atoms with Crippen LogP contribution in [0.3, 0.4) is 0 Å². The number of carbonyl (C=O) groups excluding carboxylic acids is 1. The SMILES string of the molecule is CC1=CC(=O)N(c2ccccc2)C1Cl. The summed E-state index contributed by atoms with van der Waals surface area (Å²) in [5, 5.41) is 0. The predicted octanol–water partition coefficient (Wildman–Crippen LogP) is 2.54. The van der Waals surface area contributed by atoms with E-state index in [0.717, 1.165) is 11.3 Å². The van der Waals surface area contributed by atoms with Gasteiger partial charge in [-0.3, -0.25) is 9.69 Å². The van der Waals surface area contributed by atoms with Crippen molar-refractivity contribution < 1.29 is 4.79 Å². The number of amides is 1. The summed E-state index contributed by atoms with van der Waals surface area (Å²) in [4.78, 5) is 13.1. The fourth-order valence-electron chi connectivity index (χ4n) is 1.50. The van der Waals surface area contributed by atoms with E-state index < -0.39 is 0 Å². The zero-order chi connectivity index (χ0) is 10.1. The maximum atomic E-state index is 11.6. The number of para-hydroxylation sites is 1. The van der Waals surface area contributed by atoms with Crippen molar-refractivity contribution in [1.82, 2.24) is 0 Å². The minimum atomic E-state index is -0.343. The van der Waals surface area contributed by atoms with E-state index in [1.165, 1.54) is 0 Å². The molecule has 0 spiro atoms. The molecule has 3 heteroatoms. The summed E-state index contributed by atoms with van der Waals surface area (Å²) < 4.78 is 0. The number of rotatable bonds is 1. The minimum Gasteiger partial charge on any atom is -0.288 e. The van der Waals surface area contributed by atoms with Crippen molar-refractivity contribution >= 4 is 23.2 Å². The second-order valence-electron chi connectivity index (χ2n) is 3.27. The molecule has 0 bridgehead atoms. The van der Waals surface area contributed by atoms with Crippen molar-refractivity contribution in [2.75, 3.05) is 4.90 Å². The quantitative estimate of drug-likeness (QED) is 0.512. The maximum Gasteiger partial charge on any atom is 0.252 e. The fourth-order valence-corrected chi connectivity index (χ4v) is 1.77. The van der Waals surface area contributed by atoms with E-state index in [2.05, 4.69) is 0 Å². The molecular weight excluding hydrogens is 198 g/mol. The molecule has 1 aromatic carbocycles. The number of halogens is 1. The first-order valence-corrected chi connectivity index (χ1v) is 4.84. The molecule has 14 heavy (non-hydrogen) atoms. The van der Waals surface area contributed by atoms with E-state index in [4.69, 9.17) is 11.6 Å². The van der Waals surface area contributed by atoms with Crippen molar-refractivity contribution in [2.45, 2.75) is 12.4 Å². The van der Waals surface area contributed by atoms with Crippen LogP contribution in [0.25, 0.3) is 0 Å². The molecule has 1 atom stereocenters. The summed E-state index contributed by atoms with van der Waals surface area (Å²) in [5.41, 5.74) is 1.39. The monoisotopic (exact) mass is 207 g/mol. The summed E-state index contributed by atoms with van der Waals surface area (Å²) in [6.45, 7) is 1.86. The smallest absolute Gasteiger partial charge is 0.252 e. The van der Waals surface area contributed by atoms with E-state index in [1.807, 2.05) is 37.3 Å². The molecule has 1 aliphatic rings. The lowest BCUT2D eigenvalue weighted by atomic mass is 10.3. The Bertz CT molecular complexity index is 386. The molecule has 1 amide bonds. The highest BCUT2D eigenvalue weighted by atomic mass is 35.5. The average Bonchev–Trinajstić information content (AvgIpc) is 2.43. The first-order valence-electron chi connectivity index (χ1n) is 4.40. The van der Waals surface area contributed by atoms with Crippen LogP contribution < -0.4 is 4.90 Å². The molecule has 1 heterocycles.